The maximum Gasteiger partial charge on any atom is 0.165 e. The highest BCUT2D eigenvalue weighted by molar-refractivity contribution is 5.30. The molecule has 0 aliphatic heterocycles. The third-order valence-corrected chi connectivity index (χ3v) is 3.07. The molecule has 0 saturated carbocycles. The zero-order chi connectivity index (χ0) is 15.4. The van der Waals surface area contributed by atoms with Crippen LogP contribution >= 0.6 is 0 Å². The monoisotopic (exact) mass is 292 g/mol. The number of rotatable bonds is 6. The molecule has 0 saturated heterocycles. The lowest BCUT2D eigenvalue weighted by atomic mass is 10.1. The van der Waals surface area contributed by atoms with Crippen LogP contribution in [-0.2, 0) is 13.2 Å². The fourth-order valence-corrected chi connectivity index (χ4v) is 1.96. The van der Waals surface area contributed by atoms with Crippen LogP contribution in [0.15, 0.2) is 24.5 Å². The normalized spacial score (nSPS) is 12.7. The van der Waals surface area contributed by atoms with Crippen LogP contribution < -0.4 is 10.5 Å². The van der Waals surface area contributed by atoms with Crippen LogP contribution in [0.4, 0.5) is 4.39 Å². The van der Waals surface area contributed by atoms with E-state index in [0.717, 1.165) is 12.1 Å². The molecule has 2 N–H and O–H groups in total. The van der Waals surface area contributed by atoms with E-state index in [0.29, 0.717) is 11.7 Å². The SMILES string of the molecule is CC(C)Cn1ncnc1COc1ccc([C@H](C)N)cc1F. The van der Waals surface area contributed by atoms with Crippen LogP contribution in [0.5, 0.6) is 5.75 Å². The van der Waals surface area contributed by atoms with Gasteiger partial charge in [-0.2, -0.15) is 5.10 Å². The van der Waals surface area contributed by atoms with Crippen LogP contribution in [0.3, 0.4) is 0 Å². The third-order valence-electron chi connectivity index (χ3n) is 3.07. The summed E-state index contributed by atoms with van der Waals surface area (Å²) in [6.07, 6.45) is 1.48. The molecule has 5 nitrogen and oxygen atoms in total. The van der Waals surface area contributed by atoms with E-state index in [1.807, 2.05) is 6.92 Å². The molecule has 114 valence electrons. The maximum absolute atomic E-state index is 13.9. The standard InChI is InChI=1S/C15H21FN4O/c1-10(2)7-20-15(18-9-19-20)8-21-14-5-4-12(11(3)17)6-13(14)16/h4-6,9-11H,7-8,17H2,1-3H3/t11-/m0/s1. The van der Waals surface area contributed by atoms with Crippen molar-refractivity contribution >= 4 is 0 Å². The smallest absolute Gasteiger partial charge is 0.165 e. The minimum absolute atomic E-state index is 0.182. The minimum Gasteiger partial charge on any atom is -0.483 e. The van der Waals surface area contributed by atoms with E-state index in [-0.39, 0.29) is 18.4 Å². The zero-order valence-corrected chi connectivity index (χ0v) is 12.6. The van der Waals surface area contributed by atoms with E-state index >= 15 is 0 Å². The first-order valence-electron chi connectivity index (χ1n) is 7.02. The Kier molecular flexibility index (Phi) is 4.90. The van der Waals surface area contributed by atoms with Crippen LogP contribution in [-0.4, -0.2) is 14.8 Å². The Hall–Kier alpha value is -1.95. The van der Waals surface area contributed by atoms with E-state index < -0.39 is 5.82 Å². The van der Waals surface area contributed by atoms with Crippen LogP contribution in [0.25, 0.3) is 0 Å². The summed E-state index contributed by atoms with van der Waals surface area (Å²) in [4.78, 5) is 4.14. The van der Waals surface area contributed by atoms with Gasteiger partial charge in [0.2, 0.25) is 0 Å². The summed E-state index contributed by atoms with van der Waals surface area (Å²) in [5.41, 5.74) is 6.46. The largest absolute Gasteiger partial charge is 0.483 e. The molecule has 1 aromatic carbocycles. The molecule has 0 aliphatic carbocycles. The maximum atomic E-state index is 13.9. The van der Waals surface area contributed by atoms with Crippen molar-refractivity contribution in [1.82, 2.24) is 14.8 Å². The quantitative estimate of drug-likeness (QED) is 0.889. The Balaban J connectivity index is 2.05. The van der Waals surface area contributed by atoms with Gasteiger partial charge < -0.3 is 10.5 Å². The number of hydrogen-bond acceptors (Lipinski definition) is 4. The lowest BCUT2D eigenvalue weighted by Crippen LogP contribution is -2.12. The average molecular weight is 292 g/mol. The first-order valence-corrected chi connectivity index (χ1v) is 7.02. The van der Waals surface area contributed by atoms with E-state index in [9.17, 15) is 4.39 Å². The summed E-state index contributed by atoms with van der Waals surface area (Å²) in [7, 11) is 0. The molecule has 0 amide bonds. The highest BCUT2D eigenvalue weighted by Gasteiger charge is 2.10. The molecule has 2 aromatic rings. The van der Waals surface area contributed by atoms with E-state index in [1.165, 1.54) is 12.4 Å². The van der Waals surface area contributed by atoms with Gasteiger partial charge in [-0.25, -0.2) is 14.1 Å². The third kappa shape index (κ3) is 4.01. The van der Waals surface area contributed by atoms with Crippen molar-refractivity contribution in [2.45, 2.75) is 40.0 Å². The van der Waals surface area contributed by atoms with Crippen LogP contribution in [0.1, 0.15) is 38.2 Å². The molecule has 2 rings (SSSR count). The van der Waals surface area contributed by atoms with Gasteiger partial charge in [-0.1, -0.05) is 19.9 Å². The topological polar surface area (TPSA) is 66.0 Å². The van der Waals surface area contributed by atoms with Crippen molar-refractivity contribution < 1.29 is 9.13 Å². The van der Waals surface area contributed by atoms with Gasteiger partial charge >= 0.3 is 0 Å². The van der Waals surface area contributed by atoms with E-state index in [1.54, 1.807) is 16.8 Å². The molecule has 1 atom stereocenters. The molecule has 0 unspecified atom stereocenters. The van der Waals surface area contributed by atoms with Crippen molar-refractivity contribution in [2.75, 3.05) is 0 Å². The van der Waals surface area contributed by atoms with Crippen LogP contribution in [0.2, 0.25) is 0 Å². The average Bonchev–Trinajstić information content (AvgIpc) is 2.83. The van der Waals surface area contributed by atoms with Crippen molar-refractivity contribution in [3.05, 3.63) is 41.7 Å². The molecule has 1 aromatic heterocycles. The van der Waals surface area contributed by atoms with Gasteiger partial charge in [-0.15, -0.1) is 0 Å². The van der Waals surface area contributed by atoms with Gasteiger partial charge in [0.1, 0.15) is 12.9 Å². The fourth-order valence-electron chi connectivity index (χ4n) is 1.96. The molecule has 0 radical (unpaired) electrons. The Labute approximate surface area is 123 Å². The summed E-state index contributed by atoms with van der Waals surface area (Å²) < 4.78 is 21.2. The number of ether oxygens (including phenoxy) is 1. The van der Waals surface area contributed by atoms with E-state index in [2.05, 4.69) is 23.9 Å². The minimum atomic E-state index is -0.417. The summed E-state index contributed by atoms with van der Waals surface area (Å²) in [5.74, 6) is 0.908. The number of nitrogens with zero attached hydrogens (tertiary/aromatic N) is 3. The Morgan fingerprint density at radius 1 is 1.33 bits per heavy atom. The molecule has 0 fully saturated rings. The molecular weight excluding hydrogens is 271 g/mol. The number of nitrogens with two attached hydrogens (primary N) is 1. The second-order valence-electron chi connectivity index (χ2n) is 5.52. The van der Waals surface area contributed by atoms with Gasteiger partial charge in [-0.3, -0.25) is 0 Å². The molecule has 0 bridgehead atoms. The van der Waals surface area contributed by atoms with Gasteiger partial charge in [-0.05, 0) is 30.5 Å². The molecular formula is C15H21FN4O. The summed E-state index contributed by atoms with van der Waals surface area (Å²) in [5, 5.41) is 4.14. The molecule has 0 aliphatic rings. The predicted molar refractivity (Wildman–Crippen MR) is 78.2 cm³/mol. The van der Waals surface area contributed by atoms with Crippen molar-refractivity contribution in [2.24, 2.45) is 11.7 Å². The van der Waals surface area contributed by atoms with Gasteiger partial charge in [0, 0.05) is 12.6 Å². The highest BCUT2D eigenvalue weighted by atomic mass is 19.1. The van der Waals surface area contributed by atoms with Gasteiger partial charge in [0.05, 0.1) is 0 Å². The van der Waals surface area contributed by atoms with Gasteiger partial charge in [0.15, 0.2) is 17.4 Å². The highest BCUT2D eigenvalue weighted by Crippen LogP contribution is 2.21. The Bertz CT molecular complexity index is 595. The summed E-state index contributed by atoms with van der Waals surface area (Å²) in [6, 6.07) is 4.56. The second-order valence-corrected chi connectivity index (χ2v) is 5.52. The summed E-state index contributed by atoms with van der Waals surface area (Å²) in [6.45, 7) is 6.94. The van der Waals surface area contributed by atoms with Crippen LogP contribution in [0, 0.1) is 11.7 Å². The molecule has 0 spiro atoms. The van der Waals surface area contributed by atoms with Crippen molar-refractivity contribution in [1.29, 1.82) is 0 Å². The van der Waals surface area contributed by atoms with E-state index in [4.69, 9.17) is 10.5 Å². The number of halogens is 1. The predicted octanol–water partition coefficient (Wildman–Crippen LogP) is 2.67. The molecule has 1 heterocycles. The molecule has 6 heteroatoms. The fraction of sp³-hybridized carbons (Fsp3) is 0.467. The number of benzene rings is 1. The summed E-state index contributed by atoms with van der Waals surface area (Å²) >= 11 is 0. The Morgan fingerprint density at radius 2 is 2.10 bits per heavy atom. The Morgan fingerprint density at radius 3 is 2.71 bits per heavy atom. The number of hydrogen-bond donors (Lipinski definition) is 1. The second kappa shape index (κ2) is 6.67. The zero-order valence-electron chi connectivity index (χ0n) is 12.6. The number of aromatic nitrogens is 3. The first-order chi connectivity index (χ1) is 9.97. The molecule has 21 heavy (non-hydrogen) atoms. The first kappa shape index (κ1) is 15.4. The van der Waals surface area contributed by atoms with Crippen molar-refractivity contribution in [3.8, 4) is 5.75 Å². The van der Waals surface area contributed by atoms with Crippen molar-refractivity contribution in [3.63, 3.8) is 0 Å². The lowest BCUT2D eigenvalue weighted by Gasteiger charge is -2.11. The lowest BCUT2D eigenvalue weighted by molar-refractivity contribution is 0.269. The van der Waals surface area contributed by atoms with Gasteiger partial charge in [0.25, 0.3) is 0 Å².